The first-order valence-corrected chi connectivity index (χ1v) is 9.94. The number of nitrogens with one attached hydrogen (secondary N) is 1. The van der Waals surface area contributed by atoms with Crippen molar-refractivity contribution in [1.29, 1.82) is 0 Å². The molecule has 7 heteroatoms. The second kappa shape index (κ2) is 8.72. The number of ether oxygens (including phenoxy) is 3. The van der Waals surface area contributed by atoms with Crippen LogP contribution in [0.5, 0.6) is 17.2 Å². The molecule has 1 amide bonds. The van der Waals surface area contributed by atoms with E-state index in [1.165, 1.54) is 0 Å². The van der Waals surface area contributed by atoms with Gasteiger partial charge in [0, 0.05) is 8.96 Å². The van der Waals surface area contributed by atoms with Crippen molar-refractivity contribution in [2.45, 2.75) is 19.9 Å². The van der Waals surface area contributed by atoms with Crippen molar-refractivity contribution in [3.05, 3.63) is 51.3 Å². The third-order valence-electron chi connectivity index (χ3n) is 4.32. The highest BCUT2D eigenvalue weighted by Gasteiger charge is 2.20. The smallest absolute Gasteiger partial charge is 0.253 e. The van der Waals surface area contributed by atoms with Crippen molar-refractivity contribution in [3.63, 3.8) is 0 Å². The van der Waals surface area contributed by atoms with Crippen LogP contribution >= 0.6 is 22.6 Å². The highest BCUT2D eigenvalue weighted by Crippen LogP contribution is 2.33. The van der Waals surface area contributed by atoms with Crippen molar-refractivity contribution in [2.75, 3.05) is 20.8 Å². The van der Waals surface area contributed by atoms with Crippen LogP contribution in [0.1, 0.15) is 36.0 Å². The minimum atomic E-state index is -0.321. The molecule has 3 rings (SSSR count). The predicted octanol–water partition coefficient (Wildman–Crippen LogP) is 4.94. The molecule has 0 saturated heterocycles. The van der Waals surface area contributed by atoms with Gasteiger partial charge in [0.25, 0.3) is 5.91 Å². The molecule has 6 nitrogen and oxygen atoms in total. The summed E-state index contributed by atoms with van der Waals surface area (Å²) in [4.78, 5) is 12.8. The van der Waals surface area contributed by atoms with E-state index in [0.717, 1.165) is 8.96 Å². The lowest BCUT2D eigenvalue weighted by molar-refractivity contribution is 0.0934. The number of carbonyl (C=O) groups is 1. The zero-order valence-corrected chi connectivity index (χ0v) is 18.3. The van der Waals surface area contributed by atoms with Crippen LogP contribution in [-0.4, -0.2) is 26.7 Å². The van der Waals surface area contributed by atoms with Crippen LogP contribution in [0.4, 0.5) is 0 Å². The molecule has 2 aromatic carbocycles. The van der Waals surface area contributed by atoms with Crippen molar-refractivity contribution in [1.82, 2.24) is 5.32 Å². The average Bonchev–Trinajstić information content (AvgIpc) is 3.13. The molecule has 0 fully saturated rings. The predicted molar refractivity (Wildman–Crippen MR) is 116 cm³/mol. The molecule has 0 aliphatic rings. The summed E-state index contributed by atoms with van der Waals surface area (Å²) in [6.07, 6.45) is 0. The Morgan fingerprint density at radius 1 is 1.14 bits per heavy atom. The van der Waals surface area contributed by atoms with Crippen molar-refractivity contribution in [2.24, 2.45) is 0 Å². The van der Waals surface area contributed by atoms with E-state index in [2.05, 4.69) is 27.9 Å². The fourth-order valence-corrected chi connectivity index (χ4v) is 3.60. The first-order valence-electron chi connectivity index (χ1n) is 8.86. The van der Waals surface area contributed by atoms with Gasteiger partial charge in [-0.2, -0.15) is 0 Å². The highest BCUT2D eigenvalue weighted by molar-refractivity contribution is 14.1. The Labute approximate surface area is 177 Å². The number of hydrogen-bond acceptors (Lipinski definition) is 5. The van der Waals surface area contributed by atoms with E-state index in [1.807, 2.05) is 38.1 Å². The molecule has 148 valence electrons. The van der Waals surface area contributed by atoms with Crippen molar-refractivity contribution in [3.8, 4) is 17.2 Å². The van der Waals surface area contributed by atoms with Gasteiger partial charge < -0.3 is 23.9 Å². The van der Waals surface area contributed by atoms with Crippen LogP contribution in [-0.2, 0) is 0 Å². The Bertz CT molecular complexity index is 998. The number of furan rings is 1. The number of rotatable bonds is 7. The lowest BCUT2D eigenvalue weighted by Gasteiger charge is -2.15. The first kappa shape index (κ1) is 20.3. The third-order valence-corrected chi connectivity index (χ3v) is 5.21. The highest BCUT2D eigenvalue weighted by atomic mass is 127. The van der Waals surface area contributed by atoms with Gasteiger partial charge in [0.2, 0.25) is 0 Å². The molecule has 0 spiro atoms. The van der Waals surface area contributed by atoms with E-state index in [9.17, 15) is 4.79 Å². The molecule has 0 aliphatic carbocycles. The van der Waals surface area contributed by atoms with Crippen LogP contribution in [0.15, 0.2) is 40.8 Å². The summed E-state index contributed by atoms with van der Waals surface area (Å²) >= 11 is 2.11. The summed E-state index contributed by atoms with van der Waals surface area (Å²) in [5, 5.41) is 3.91. The molecule has 0 aliphatic heterocycles. The van der Waals surface area contributed by atoms with Gasteiger partial charge in [-0.05, 0) is 60.7 Å². The average molecular weight is 495 g/mol. The number of hydrogen-bond donors (Lipinski definition) is 1. The van der Waals surface area contributed by atoms with E-state index in [0.29, 0.717) is 40.8 Å². The van der Waals surface area contributed by atoms with E-state index < -0.39 is 0 Å². The first-order chi connectivity index (χ1) is 13.5. The Morgan fingerprint density at radius 2 is 1.86 bits per heavy atom. The van der Waals surface area contributed by atoms with E-state index in [-0.39, 0.29) is 11.9 Å². The van der Waals surface area contributed by atoms with E-state index in [4.69, 9.17) is 18.6 Å². The number of halogens is 1. The molecule has 1 N–H and O–H groups in total. The lowest BCUT2D eigenvalue weighted by atomic mass is 10.1. The molecule has 28 heavy (non-hydrogen) atoms. The van der Waals surface area contributed by atoms with Crippen molar-refractivity contribution >= 4 is 39.5 Å². The summed E-state index contributed by atoms with van der Waals surface area (Å²) in [6, 6.07) is 10.8. The Hall–Kier alpha value is -2.42. The molecule has 1 aromatic heterocycles. The van der Waals surface area contributed by atoms with Gasteiger partial charge in [-0.1, -0.05) is 12.1 Å². The van der Waals surface area contributed by atoms with Gasteiger partial charge in [0.1, 0.15) is 5.76 Å². The molecular weight excluding hydrogens is 473 g/mol. The second-order valence-corrected chi connectivity index (χ2v) is 7.30. The summed E-state index contributed by atoms with van der Waals surface area (Å²) in [6.45, 7) is 4.36. The lowest BCUT2D eigenvalue weighted by Crippen LogP contribution is -2.27. The Morgan fingerprint density at radius 3 is 2.54 bits per heavy atom. The van der Waals surface area contributed by atoms with Gasteiger partial charge in [-0.15, -0.1) is 0 Å². The largest absolute Gasteiger partial charge is 0.493 e. The Balaban J connectivity index is 1.85. The maximum atomic E-state index is 12.8. The minimum absolute atomic E-state index is 0.219. The van der Waals surface area contributed by atoms with Gasteiger partial charge in [-0.3, -0.25) is 4.79 Å². The fraction of sp³-hybridized carbons (Fsp3) is 0.286. The maximum absolute atomic E-state index is 12.8. The van der Waals surface area contributed by atoms with Crippen LogP contribution in [0, 0.1) is 3.57 Å². The van der Waals surface area contributed by atoms with Crippen LogP contribution in [0.3, 0.4) is 0 Å². The maximum Gasteiger partial charge on any atom is 0.253 e. The standard InChI is InChI=1S/C21H22INO5/c1-5-27-16-8-6-7-13-9-17(28-20(13)16)12(2)23-21(24)14-10-18(25-3)19(26-4)11-15(14)22/h6-12H,5H2,1-4H3,(H,23,24). The van der Waals surface area contributed by atoms with E-state index in [1.54, 1.807) is 26.4 Å². The van der Waals surface area contributed by atoms with Crippen LogP contribution in [0.2, 0.25) is 0 Å². The topological polar surface area (TPSA) is 69.9 Å². The number of fused-ring (bicyclic) bond motifs is 1. The van der Waals surface area contributed by atoms with Gasteiger partial charge >= 0.3 is 0 Å². The van der Waals surface area contributed by atoms with Crippen LogP contribution in [0.25, 0.3) is 11.0 Å². The van der Waals surface area contributed by atoms with Crippen LogP contribution < -0.4 is 19.5 Å². The number of para-hydroxylation sites is 1. The number of carbonyl (C=O) groups excluding carboxylic acids is 1. The molecule has 3 aromatic rings. The molecule has 1 atom stereocenters. The summed E-state index contributed by atoms with van der Waals surface area (Å²) in [5.41, 5.74) is 1.19. The number of amides is 1. The molecule has 1 heterocycles. The number of benzene rings is 2. The third kappa shape index (κ3) is 4.04. The summed E-state index contributed by atoms with van der Waals surface area (Å²) in [5.74, 6) is 2.22. The number of methoxy groups -OCH3 is 2. The van der Waals surface area contributed by atoms with Gasteiger partial charge in [0.05, 0.1) is 32.4 Å². The zero-order chi connectivity index (χ0) is 20.3. The molecule has 0 bridgehead atoms. The second-order valence-electron chi connectivity index (χ2n) is 6.14. The van der Waals surface area contributed by atoms with Gasteiger partial charge in [0.15, 0.2) is 22.8 Å². The quantitative estimate of drug-likeness (QED) is 0.470. The SMILES string of the molecule is CCOc1cccc2cc(C(C)NC(=O)c3cc(OC)c(OC)cc3I)oc12. The summed E-state index contributed by atoms with van der Waals surface area (Å²) < 4.78 is 22.9. The Kier molecular flexibility index (Phi) is 6.33. The van der Waals surface area contributed by atoms with E-state index >= 15 is 0 Å². The fourth-order valence-electron chi connectivity index (χ4n) is 2.91. The van der Waals surface area contributed by atoms with Gasteiger partial charge in [-0.25, -0.2) is 0 Å². The molecule has 0 radical (unpaired) electrons. The normalized spacial score (nSPS) is 11.9. The van der Waals surface area contributed by atoms with Crippen molar-refractivity contribution < 1.29 is 23.4 Å². The summed E-state index contributed by atoms with van der Waals surface area (Å²) in [7, 11) is 3.10. The molecular formula is C21H22INO5. The molecule has 0 saturated carbocycles. The molecule has 1 unspecified atom stereocenters. The minimum Gasteiger partial charge on any atom is -0.493 e. The zero-order valence-electron chi connectivity index (χ0n) is 16.2. The monoisotopic (exact) mass is 495 g/mol.